The van der Waals surface area contributed by atoms with Crippen LogP contribution in [0.15, 0.2) is 18.2 Å². The summed E-state index contributed by atoms with van der Waals surface area (Å²) in [5.41, 5.74) is 6.81. The smallest absolute Gasteiger partial charge is 0.310 e. The Hall–Kier alpha value is -2.19. The van der Waals surface area contributed by atoms with Gasteiger partial charge < -0.3 is 10.8 Å². The molecule has 138 valence electrons. The fraction of sp³-hybridized carbons (Fsp3) is 0.571. The lowest BCUT2D eigenvalue weighted by molar-refractivity contribution is -0.146. The Kier molecular flexibility index (Phi) is 4.44. The lowest BCUT2D eigenvalue weighted by Gasteiger charge is -2.34. The summed E-state index contributed by atoms with van der Waals surface area (Å²) in [6, 6.07) is 8.46. The predicted octanol–water partition coefficient (Wildman–Crippen LogP) is 2.63. The van der Waals surface area contributed by atoms with Crippen LogP contribution in [0.4, 0.5) is 0 Å². The Morgan fingerprint density at radius 1 is 1.38 bits per heavy atom. The molecule has 0 aliphatic heterocycles. The molecular formula is C21H26N2O3. The van der Waals surface area contributed by atoms with Crippen LogP contribution in [0.3, 0.4) is 0 Å². The molecule has 5 unspecified atom stereocenters. The number of hydrogen-bond donors (Lipinski definition) is 2. The van der Waals surface area contributed by atoms with E-state index in [1.54, 1.807) is 0 Å². The number of hydrogen-bond acceptors (Lipinski definition) is 4. The minimum atomic E-state index is -1.29. The molecule has 0 amide bonds. The van der Waals surface area contributed by atoms with Crippen LogP contribution in [0.2, 0.25) is 0 Å². The number of benzene rings is 1. The third-order valence-electron chi connectivity index (χ3n) is 6.97. The Morgan fingerprint density at radius 3 is 2.62 bits per heavy atom. The molecule has 1 aromatic rings. The van der Waals surface area contributed by atoms with E-state index in [0.717, 1.165) is 16.7 Å². The van der Waals surface area contributed by atoms with Crippen molar-refractivity contribution in [3.8, 4) is 6.07 Å². The first-order chi connectivity index (χ1) is 12.3. The largest absolute Gasteiger partial charge is 0.481 e. The van der Waals surface area contributed by atoms with E-state index < -0.39 is 22.7 Å². The zero-order valence-corrected chi connectivity index (χ0v) is 15.6. The maximum atomic E-state index is 12.8. The molecule has 26 heavy (non-hydrogen) atoms. The number of nitrogens with zero attached hydrogens (tertiary/aromatic N) is 1. The molecule has 0 bridgehead atoms. The number of aryl methyl sites for hydroxylation is 2. The minimum absolute atomic E-state index is 0.115. The minimum Gasteiger partial charge on any atom is -0.481 e. The lowest BCUT2D eigenvalue weighted by atomic mass is 9.65. The first-order valence-electron chi connectivity index (χ1n) is 9.23. The van der Waals surface area contributed by atoms with Crippen molar-refractivity contribution in [2.45, 2.75) is 40.0 Å². The molecule has 5 nitrogen and oxygen atoms in total. The number of ketones is 1. The summed E-state index contributed by atoms with van der Waals surface area (Å²) in [6.07, 6.45) is 1.64. The highest BCUT2D eigenvalue weighted by molar-refractivity contribution is 5.94. The van der Waals surface area contributed by atoms with Crippen molar-refractivity contribution < 1.29 is 14.7 Å². The van der Waals surface area contributed by atoms with Crippen LogP contribution in [0, 0.1) is 53.8 Å². The van der Waals surface area contributed by atoms with Crippen molar-refractivity contribution in [2.24, 2.45) is 34.3 Å². The highest BCUT2D eigenvalue weighted by Gasteiger charge is 2.82. The van der Waals surface area contributed by atoms with Gasteiger partial charge in [0.2, 0.25) is 0 Å². The summed E-state index contributed by atoms with van der Waals surface area (Å²) in [7, 11) is 0. The summed E-state index contributed by atoms with van der Waals surface area (Å²) in [5.74, 6) is -1.91. The topological polar surface area (TPSA) is 104 Å². The molecule has 5 atom stereocenters. The van der Waals surface area contributed by atoms with E-state index in [1.165, 1.54) is 0 Å². The highest BCUT2D eigenvalue weighted by atomic mass is 16.4. The fourth-order valence-corrected chi connectivity index (χ4v) is 5.58. The van der Waals surface area contributed by atoms with Crippen LogP contribution in [0.1, 0.15) is 36.5 Å². The maximum Gasteiger partial charge on any atom is 0.310 e. The second kappa shape index (κ2) is 6.21. The first kappa shape index (κ1) is 18.6. The van der Waals surface area contributed by atoms with Gasteiger partial charge >= 0.3 is 5.97 Å². The molecule has 3 rings (SSSR count). The molecule has 3 N–H and O–H groups in total. The summed E-state index contributed by atoms with van der Waals surface area (Å²) in [6.45, 7) is 5.65. The number of rotatable bonds is 6. The molecule has 2 saturated carbocycles. The number of fused-ring (bicyclic) bond motifs is 1. The molecule has 2 aliphatic carbocycles. The number of carbonyl (C=O) groups is 2. The van der Waals surface area contributed by atoms with E-state index in [4.69, 9.17) is 5.73 Å². The number of aliphatic carboxylic acids is 1. The third kappa shape index (κ3) is 2.25. The Labute approximate surface area is 154 Å². The number of carboxylic acid groups (broad SMARTS) is 1. The lowest BCUT2D eigenvalue weighted by Crippen LogP contribution is -2.45. The number of carboxylic acids is 1. The van der Waals surface area contributed by atoms with Crippen LogP contribution in [-0.4, -0.2) is 23.4 Å². The van der Waals surface area contributed by atoms with Crippen LogP contribution < -0.4 is 5.73 Å². The number of nitrogens with two attached hydrogens (primary N) is 1. The van der Waals surface area contributed by atoms with E-state index in [-0.39, 0.29) is 24.2 Å². The zero-order valence-electron chi connectivity index (χ0n) is 15.6. The van der Waals surface area contributed by atoms with Crippen molar-refractivity contribution >= 4 is 11.8 Å². The molecule has 2 aliphatic rings. The van der Waals surface area contributed by atoms with Crippen LogP contribution in [0.5, 0.6) is 0 Å². The van der Waals surface area contributed by atoms with Gasteiger partial charge in [0.25, 0.3) is 0 Å². The van der Waals surface area contributed by atoms with E-state index in [2.05, 4.69) is 12.1 Å². The normalized spacial score (nSPS) is 34.8. The second-order valence-corrected chi connectivity index (χ2v) is 7.96. The average Bonchev–Trinajstić information content (AvgIpc) is 3.16. The fourth-order valence-electron chi connectivity index (χ4n) is 5.58. The molecule has 0 aromatic heterocycles. The van der Waals surface area contributed by atoms with Gasteiger partial charge in [-0.25, -0.2) is 0 Å². The van der Waals surface area contributed by atoms with Gasteiger partial charge in [0.05, 0.1) is 18.0 Å². The van der Waals surface area contributed by atoms with Gasteiger partial charge in [0.15, 0.2) is 5.78 Å². The number of nitriles is 1. The first-order valence-corrected chi connectivity index (χ1v) is 9.23. The molecule has 0 spiro atoms. The Balaban J connectivity index is 2.03. The van der Waals surface area contributed by atoms with Gasteiger partial charge in [-0.2, -0.15) is 5.26 Å². The molecular weight excluding hydrogens is 328 g/mol. The molecule has 0 heterocycles. The Morgan fingerprint density at radius 2 is 2.08 bits per heavy atom. The van der Waals surface area contributed by atoms with Gasteiger partial charge in [-0.1, -0.05) is 30.7 Å². The molecule has 0 radical (unpaired) electrons. The van der Waals surface area contributed by atoms with Crippen LogP contribution in [0.25, 0.3) is 0 Å². The van der Waals surface area contributed by atoms with Gasteiger partial charge in [-0.05, 0) is 56.1 Å². The van der Waals surface area contributed by atoms with Crippen molar-refractivity contribution in [3.63, 3.8) is 0 Å². The van der Waals surface area contributed by atoms with Crippen molar-refractivity contribution in [2.75, 3.05) is 6.54 Å². The molecule has 0 saturated heterocycles. The SMILES string of the molecule is CCC1(C(=O)O)C2CC(Cc3cc(C)ccc3C)C(C#N)(C(=O)CN)C21. The monoisotopic (exact) mass is 354 g/mol. The number of Topliss-reactive ketones (excluding diaryl/α,β-unsaturated/α-hetero) is 1. The van der Waals surface area contributed by atoms with Crippen molar-refractivity contribution in [1.29, 1.82) is 5.26 Å². The summed E-state index contributed by atoms with van der Waals surface area (Å²) < 4.78 is 0. The van der Waals surface area contributed by atoms with Crippen LogP contribution >= 0.6 is 0 Å². The van der Waals surface area contributed by atoms with E-state index in [1.807, 2.05) is 32.9 Å². The summed E-state index contributed by atoms with van der Waals surface area (Å²) in [5, 5.41) is 19.9. The van der Waals surface area contributed by atoms with Crippen molar-refractivity contribution in [3.05, 3.63) is 34.9 Å². The molecule has 5 heteroatoms. The summed E-state index contributed by atoms with van der Waals surface area (Å²) >= 11 is 0. The molecule has 2 fully saturated rings. The van der Waals surface area contributed by atoms with E-state index in [9.17, 15) is 20.0 Å². The standard InChI is InChI=1S/C21H26N2O3/c1-4-20(19(25)26)16-9-15(8-14-7-12(2)5-6-13(14)3)21(11-23,18(16)20)17(24)10-22/h5-7,15-16,18H,4,8-10,22H2,1-3H3,(H,25,26). The second-order valence-electron chi connectivity index (χ2n) is 7.96. The van der Waals surface area contributed by atoms with E-state index >= 15 is 0 Å². The van der Waals surface area contributed by atoms with Crippen molar-refractivity contribution in [1.82, 2.24) is 0 Å². The summed E-state index contributed by atoms with van der Waals surface area (Å²) in [4.78, 5) is 24.8. The zero-order chi connectivity index (χ0) is 19.3. The maximum absolute atomic E-state index is 12.8. The third-order valence-corrected chi connectivity index (χ3v) is 6.97. The van der Waals surface area contributed by atoms with E-state index in [0.29, 0.717) is 19.3 Å². The van der Waals surface area contributed by atoms with Gasteiger partial charge in [0.1, 0.15) is 5.41 Å². The number of carbonyl (C=O) groups excluding carboxylic acids is 1. The predicted molar refractivity (Wildman–Crippen MR) is 97.2 cm³/mol. The quantitative estimate of drug-likeness (QED) is 0.817. The highest BCUT2D eigenvalue weighted by Crippen LogP contribution is 2.77. The van der Waals surface area contributed by atoms with Gasteiger partial charge in [0, 0.05) is 5.92 Å². The van der Waals surface area contributed by atoms with Gasteiger partial charge in [-0.15, -0.1) is 0 Å². The molecule has 1 aromatic carbocycles. The van der Waals surface area contributed by atoms with Crippen LogP contribution in [-0.2, 0) is 16.0 Å². The van der Waals surface area contributed by atoms with Gasteiger partial charge in [-0.3, -0.25) is 9.59 Å². The average molecular weight is 354 g/mol. The Bertz CT molecular complexity index is 812.